The van der Waals surface area contributed by atoms with Gasteiger partial charge in [0.15, 0.2) is 5.82 Å². The minimum Gasteiger partial charge on any atom is -0.326 e. The molecule has 0 saturated heterocycles. The lowest BCUT2D eigenvalue weighted by atomic mass is 10.2. The van der Waals surface area contributed by atoms with Crippen molar-refractivity contribution in [3.05, 3.63) is 41.8 Å². The molecule has 0 aliphatic rings. The maximum Gasteiger partial charge on any atom is 0.151 e. The Hall–Kier alpha value is -1.65. The fourth-order valence-electron chi connectivity index (χ4n) is 2.22. The Bertz CT molecular complexity index is 670. The predicted molar refractivity (Wildman–Crippen MR) is 81.3 cm³/mol. The van der Waals surface area contributed by atoms with Crippen LogP contribution in [0.15, 0.2) is 41.8 Å². The zero-order valence-electron chi connectivity index (χ0n) is 10.9. The molecule has 0 aliphatic heterocycles. The summed E-state index contributed by atoms with van der Waals surface area (Å²) in [5.74, 6) is 1.03. The highest BCUT2D eigenvalue weighted by atomic mass is 32.1. The maximum atomic E-state index is 6.13. The number of rotatable bonds is 4. The monoisotopic (exact) mass is 271 g/mol. The first kappa shape index (κ1) is 12.4. The normalized spacial score (nSPS) is 12.9. The van der Waals surface area contributed by atoms with Gasteiger partial charge < -0.3 is 10.3 Å². The topological polar surface area (TPSA) is 43.8 Å². The van der Waals surface area contributed by atoms with Gasteiger partial charge in [-0.2, -0.15) is 0 Å². The highest BCUT2D eigenvalue weighted by molar-refractivity contribution is 7.13. The molecule has 1 atom stereocenters. The van der Waals surface area contributed by atoms with Gasteiger partial charge in [0.05, 0.1) is 15.9 Å². The zero-order chi connectivity index (χ0) is 13.2. The summed E-state index contributed by atoms with van der Waals surface area (Å²) in [5.41, 5.74) is 8.33. The average Bonchev–Trinajstić information content (AvgIpc) is 3.06. The molecule has 2 N–H and O–H groups in total. The fourth-order valence-corrected chi connectivity index (χ4v) is 2.94. The summed E-state index contributed by atoms with van der Waals surface area (Å²) in [6, 6.07) is 12.6. The van der Waals surface area contributed by atoms with Crippen LogP contribution in [0, 0.1) is 0 Å². The van der Waals surface area contributed by atoms with Gasteiger partial charge in [-0.15, -0.1) is 11.3 Å². The number of hydrogen-bond acceptors (Lipinski definition) is 3. The van der Waals surface area contributed by atoms with E-state index in [1.807, 2.05) is 6.07 Å². The van der Waals surface area contributed by atoms with Crippen LogP contribution in [0.1, 0.15) is 13.3 Å². The molecular weight excluding hydrogens is 254 g/mol. The van der Waals surface area contributed by atoms with Crippen molar-refractivity contribution in [3.8, 4) is 10.7 Å². The highest BCUT2D eigenvalue weighted by Crippen LogP contribution is 2.28. The second-order valence-corrected chi connectivity index (χ2v) is 5.63. The van der Waals surface area contributed by atoms with Crippen LogP contribution in [-0.4, -0.2) is 15.6 Å². The Labute approximate surface area is 116 Å². The summed E-state index contributed by atoms with van der Waals surface area (Å²) < 4.78 is 2.25. The number of thiophene rings is 1. The van der Waals surface area contributed by atoms with E-state index in [9.17, 15) is 0 Å². The minimum absolute atomic E-state index is 0.163. The molecule has 3 nitrogen and oxygen atoms in total. The zero-order valence-corrected chi connectivity index (χ0v) is 11.7. The number of aromatic nitrogens is 2. The van der Waals surface area contributed by atoms with E-state index in [1.54, 1.807) is 11.3 Å². The van der Waals surface area contributed by atoms with Crippen LogP contribution < -0.4 is 5.73 Å². The standard InChI is InChI=1S/C15H17N3S/c1-2-11(16)10-18-13-7-4-3-6-12(13)17-15(18)14-8-5-9-19-14/h3-9,11H,2,10,16H2,1H3. The van der Waals surface area contributed by atoms with Gasteiger partial charge in [0.25, 0.3) is 0 Å². The van der Waals surface area contributed by atoms with Crippen LogP contribution in [0.25, 0.3) is 21.7 Å². The first-order valence-electron chi connectivity index (χ1n) is 6.54. The molecule has 2 heterocycles. The van der Waals surface area contributed by atoms with Crippen LogP contribution >= 0.6 is 11.3 Å². The van der Waals surface area contributed by atoms with Crippen molar-refractivity contribution < 1.29 is 0 Å². The number of imidazole rings is 1. The Kier molecular flexibility index (Phi) is 3.36. The number of fused-ring (bicyclic) bond motifs is 1. The van der Waals surface area contributed by atoms with Crippen molar-refractivity contribution in [2.24, 2.45) is 5.73 Å². The first-order chi connectivity index (χ1) is 9.29. The number of nitrogens with zero attached hydrogens (tertiary/aromatic N) is 2. The fraction of sp³-hybridized carbons (Fsp3) is 0.267. The van der Waals surface area contributed by atoms with Crippen LogP contribution in [0.2, 0.25) is 0 Å². The number of nitrogens with two attached hydrogens (primary N) is 1. The van der Waals surface area contributed by atoms with Gasteiger partial charge in [-0.25, -0.2) is 4.98 Å². The Morgan fingerprint density at radius 3 is 2.84 bits per heavy atom. The molecule has 4 heteroatoms. The molecule has 1 unspecified atom stereocenters. The molecule has 0 radical (unpaired) electrons. The molecular formula is C15H17N3S. The van der Waals surface area contributed by atoms with E-state index >= 15 is 0 Å². The summed E-state index contributed by atoms with van der Waals surface area (Å²) >= 11 is 1.72. The van der Waals surface area contributed by atoms with Gasteiger partial charge in [0, 0.05) is 12.6 Å². The van der Waals surface area contributed by atoms with Gasteiger partial charge in [-0.3, -0.25) is 0 Å². The van der Waals surface area contributed by atoms with Gasteiger partial charge >= 0.3 is 0 Å². The number of hydrogen-bond donors (Lipinski definition) is 1. The molecule has 98 valence electrons. The lowest BCUT2D eigenvalue weighted by Gasteiger charge is -2.13. The SMILES string of the molecule is CCC(N)Cn1c(-c2cccs2)nc2ccccc21. The third-order valence-corrected chi connectivity index (χ3v) is 4.20. The van der Waals surface area contributed by atoms with Crippen molar-refractivity contribution in [2.75, 3.05) is 0 Å². The van der Waals surface area contributed by atoms with E-state index < -0.39 is 0 Å². The van der Waals surface area contributed by atoms with Crippen molar-refractivity contribution >= 4 is 22.4 Å². The summed E-state index contributed by atoms with van der Waals surface area (Å²) in [4.78, 5) is 5.95. The average molecular weight is 271 g/mol. The first-order valence-corrected chi connectivity index (χ1v) is 7.42. The lowest BCUT2D eigenvalue weighted by Crippen LogP contribution is -2.25. The molecule has 1 aromatic carbocycles. The summed E-state index contributed by atoms with van der Waals surface area (Å²) in [5, 5.41) is 2.08. The third kappa shape index (κ3) is 2.29. The molecule has 0 bridgehead atoms. The highest BCUT2D eigenvalue weighted by Gasteiger charge is 2.14. The van der Waals surface area contributed by atoms with Gasteiger partial charge in [-0.05, 0) is 30.0 Å². The van der Waals surface area contributed by atoms with Crippen LogP contribution in [0.5, 0.6) is 0 Å². The van der Waals surface area contributed by atoms with Gasteiger partial charge in [0.1, 0.15) is 0 Å². The van der Waals surface area contributed by atoms with Crippen LogP contribution in [-0.2, 0) is 6.54 Å². The number of para-hydroxylation sites is 2. The van der Waals surface area contributed by atoms with E-state index in [0.29, 0.717) is 0 Å². The molecule has 0 aliphatic carbocycles. The smallest absolute Gasteiger partial charge is 0.151 e. The second-order valence-electron chi connectivity index (χ2n) is 4.68. The van der Waals surface area contributed by atoms with Crippen molar-refractivity contribution in [3.63, 3.8) is 0 Å². The third-order valence-electron chi connectivity index (χ3n) is 3.34. The largest absolute Gasteiger partial charge is 0.326 e. The molecule has 3 rings (SSSR count). The van der Waals surface area contributed by atoms with E-state index in [-0.39, 0.29) is 6.04 Å². The molecule has 19 heavy (non-hydrogen) atoms. The number of benzene rings is 1. The lowest BCUT2D eigenvalue weighted by molar-refractivity contribution is 0.552. The molecule has 2 aromatic heterocycles. The molecule has 0 fully saturated rings. The van der Waals surface area contributed by atoms with E-state index in [0.717, 1.165) is 29.8 Å². The Morgan fingerprint density at radius 1 is 1.26 bits per heavy atom. The second kappa shape index (κ2) is 5.15. The van der Waals surface area contributed by atoms with Gasteiger partial charge in [-0.1, -0.05) is 25.1 Å². The van der Waals surface area contributed by atoms with E-state index in [2.05, 4.69) is 47.2 Å². The van der Waals surface area contributed by atoms with Gasteiger partial charge in [0.2, 0.25) is 0 Å². The molecule has 3 aromatic rings. The van der Waals surface area contributed by atoms with E-state index in [1.165, 1.54) is 4.88 Å². The minimum atomic E-state index is 0.163. The van der Waals surface area contributed by atoms with Crippen molar-refractivity contribution in [2.45, 2.75) is 25.9 Å². The van der Waals surface area contributed by atoms with Crippen LogP contribution in [0.3, 0.4) is 0 Å². The van der Waals surface area contributed by atoms with Crippen LogP contribution in [0.4, 0.5) is 0 Å². The Morgan fingerprint density at radius 2 is 2.11 bits per heavy atom. The molecule has 0 saturated carbocycles. The molecule has 0 spiro atoms. The predicted octanol–water partition coefficient (Wildman–Crippen LogP) is 3.50. The Balaban J connectivity index is 2.17. The quantitative estimate of drug-likeness (QED) is 0.789. The summed E-state index contributed by atoms with van der Waals surface area (Å²) in [7, 11) is 0. The molecule has 0 amide bonds. The maximum absolute atomic E-state index is 6.13. The summed E-state index contributed by atoms with van der Waals surface area (Å²) in [6.45, 7) is 2.93. The van der Waals surface area contributed by atoms with E-state index in [4.69, 9.17) is 10.7 Å². The summed E-state index contributed by atoms with van der Waals surface area (Å²) in [6.07, 6.45) is 0.969. The van der Waals surface area contributed by atoms with Crippen molar-refractivity contribution in [1.29, 1.82) is 0 Å². The van der Waals surface area contributed by atoms with Crippen molar-refractivity contribution in [1.82, 2.24) is 9.55 Å².